The molecule has 3 nitrogen and oxygen atoms in total. The number of aryl methyl sites for hydroxylation is 1. The first-order chi connectivity index (χ1) is 7.74. The van der Waals surface area contributed by atoms with Crippen LogP contribution in [0.4, 0.5) is 0 Å². The van der Waals surface area contributed by atoms with Crippen molar-refractivity contribution in [1.82, 2.24) is 5.32 Å². The number of benzene rings is 1. The predicted octanol–water partition coefficient (Wildman–Crippen LogP) is 1.98. The Hall–Kier alpha value is -1.06. The van der Waals surface area contributed by atoms with E-state index < -0.39 is 0 Å². The van der Waals surface area contributed by atoms with Crippen LogP contribution in [0.5, 0.6) is 0 Å². The van der Waals surface area contributed by atoms with E-state index in [4.69, 9.17) is 16.3 Å². The number of amides is 1. The summed E-state index contributed by atoms with van der Waals surface area (Å²) >= 11 is 5.44. The van der Waals surface area contributed by atoms with Crippen LogP contribution < -0.4 is 5.32 Å². The number of alkyl halides is 1. The molecule has 1 rings (SSSR count). The lowest BCUT2D eigenvalue weighted by molar-refractivity contribution is 0.0923. The van der Waals surface area contributed by atoms with Crippen molar-refractivity contribution in [3.63, 3.8) is 0 Å². The van der Waals surface area contributed by atoms with Crippen molar-refractivity contribution in [2.45, 2.75) is 6.92 Å². The number of carbonyl (C=O) groups excluding carboxylic acids is 1. The molecule has 0 radical (unpaired) electrons. The zero-order chi connectivity index (χ0) is 11.8. The van der Waals surface area contributed by atoms with Gasteiger partial charge in [-0.05, 0) is 19.1 Å². The molecule has 88 valence electrons. The SMILES string of the molecule is Cc1ccc(C(=O)NCCOCCCl)cc1. The molecule has 0 aliphatic rings. The lowest BCUT2D eigenvalue weighted by atomic mass is 10.1. The second-order valence-corrected chi connectivity index (χ2v) is 3.80. The van der Waals surface area contributed by atoms with Crippen LogP contribution in [0.1, 0.15) is 15.9 Å². The maximum atomic E-state index is 11.6. The maximum Gasteiger partial charge on any atom is 0.251 e. The lowest BCUT2D eigenvalue weighted by Crippen LogP contribution is -2.27. The van der Waals surface area contributed by atoms with Crippen molar-refractivity contribution in [3.05, 3.63) is 35.4 Å². The number of hydrogen-bond donors (Lipinski definition) is 1. The van der Waals surface area contributed by atoms with Crippen molar-refractivity contribution in [3.8, 4) is 0 Å². The van der Waals surface area contributed by atoms with Gasteiger partial charge in [-0.3, -0.25) is 4.79 Å². The van der Waals surface area contributed by atoms with Crippen molar-refractivity contribution in [2.75, 3.05) is 25.6 Å². The molecule has 0 fully saturated rings. The number of hydrogen-bond acceptors (Lipinski definition) is 2. The molecule has 1 N–H and O–H groups in total. The third-order valence-electron chi connectivity index (χ3n) is 2.07. The Balaban J connectivity index is 2.27. The van der Waals surface area contributed by atoms with Crippen LogP contribution in [0.25, 0.3) is 0 Å². The number of ether oxygens (including phenoxy) is 1. The Bertz CT molecular complexity index is 324. The monoisotopic (exact) mass is 241 g/mol. The molecule has 0 aliphatic carbocycles. The molecule has 0 saturated carbocycles. The highest BCUT2D eigenvalue weighted by Crippen LogP contribution is 2.02. The molecule has 1 amide bonds. The summed E-state index contributed by atoms with van der Waals surface area (Å²) in [6.07, 6.45) is 0. The molecular formula is C12H16ClNO2. The summed E-state index contributed by atoms with van der Waals surface area (Å²) in [7, 11) is 0. The highest BCUT2D eigenvalue weighted by atomic mass is 35.5. The molecular weight excluding hydrogens is 226 g/mol. The van der Waals surface area contributed by atoms with Crippen molar-refractivity contribution in [1.29, 1.82) is 0 Å². The van der Waals surface area contributed by atoms with Gasteiger partial charge in [0, 0.05) is 18.0 Å². The molecule has 4 heteroatoms. The molecule has 0 spiro atoms. The van der Waals surface area contributed by atoms with Crippen LogP contribution in [0.2, 0.25) is 0 Å². The summed E-state index contributed by atoms with van der Waals surface area (Å²) < 4.78 is 5.14. The quantitative estimate of drug-likeness (QED) is 0.611. The average molecular weight is 242 g/mol. The Morgan fingerprint density at radius 3 is 2.62 bits per heavy atom. The van der Waals surface area contributed by atoms with E-state index in [1.54, 1.807) is 0 Å². The van der Waals surface area contributed by atoms with Crippen LogP contribution in [0.3, 0.4) is 0 Å². The third-order valence-corrected chi connectivity index (χ3v) is 2.22. The van der Waals surface area contributed by atoms with E-state index in [0.717, 1.165) is 5.56 Å². The fraction of sp³-hybridized carbons (Fsp3) is 0.417. The van der Waals surface area contributed by atoms with Gasteiger partial charge in [-0.25, -0.2) is 0 Å². The Morgan fingerprint density at radius 2 is 2.00 bits per heavy atom. The zero-order valence-electron chi connectivity index (χ0n) is 9.33. The molecule has 0 aliphatic heterocycles. The van der Waals surface area contributed by atoms with E-state index in [1.807, 2.05) is 31.2 Å². The van der Waals surface area contributed by atoms with E-state index >= 15 is 0 Å². The highest BCUT2D eigenvalue weighted by Gasteiger charge is 2.03. The third kappa shape index (κ3) is 4.64. The van der Waals surface area contributed by atoms with E-state index in [0.29, 0.717) is 31.2 Å². The van der Waals surface area contributed by atoms with Crippen LogP contribution in [-0.4, -0.2) is 31.5 Å². The molecule has 0 aromatic heterocycles. The number of rotatable bonds is 6. The van der Waals surface area contributed by atoms with Crippen LogP contribution in [-0.2, 0) is 4.74 Å². The minimum atomic E-state index is -0.0746. The predicted molar refractivity (Wildman–Crippen MR) is 65.1 cm³/mol. The Kier molecular flexibility index (Phi) is 5.90. The molecule has 1 aromatic rings. The van der Waals surface area contributed by atoms with Gasteiger partial charge < -0.3 is 10.1 Å². The van der Waals surface area contributed by atoms with Gasteiger partial charge in [0.1, 0.15) is 0 Å². The summed E-state index contributed by atoms with van der Waals surface area (Å²) in [6, 6.07) is 7.45. The molecule has 16 heavy (non-hydrogen) atoms. The van der Waals surface area contributed by atoms with Gasteiger partial charge >= 0.3 is 0 Å². The van der Waals surface area contributed by atoms with Gasteiger partial charge in [0.2, 0.25) is 0 Å². The maximum absolute atomic E-state index is 11.6. The largest absolute Gasteiger partial charge is 0.378 e. The molecule has 0 saturated heterocycles. The van der Waals surface area contributed by atoms with Gasteiger partial charge in [0.15, 0.2) is 0 Å². The van der Waals surface area contributed by atoms with E-state index in [2.05, 4.69) is 5.32 Å². The summed E-state index contributed by atoms with van der Waals surface area (Å²) in [4.78, 5) is 11.6. The molecule has 1 aromatic carbocycles. The second-order valence-electron chi connectivity index (χ2n) is 3.42. The summed E-state index contributed by atoms with van der Waals surface area (Å²) in [6.45, 7) is 3.50. The van der Waals surface area contributed by atoms with Crippen molar-refractivity contribution in [2.24, 2.45) is 0 Å². The Morgan fingerprint density at radius 1 is 1.31 bits per heavy atom. The lowest BCUT2D eigenvalue weighted by Gasteiger charge is -2.05. The first kappa shape index (κ1) is 13.0. The summed E-state index contributed by atoms with van der Waals surface area (Å²) in [5, 5.41) is 2.77. The minimum Gasteiger partial charge on any atom is -0.378 e. The number of nitrogens with one attached hydrogen (secondary N) is 1. The molecule has 0 bridgehead atoms. The van der Waals surface area contributed by atoms with Crippen LogP contribution in [0, 0.1) is 6.92 Å². The van der Waals surface area contributed by atoms with Gasteiger partial charge in [-0.1, -0.05) is 17.7 Å². The van der Waals surface area contributed by atoms with Gasteiger partial charge in [-0.15, -0.1) is 11.6 Å². The second kappa shape index (κ2) is 7.25. The number of carbonyl (C=O) groups is 1. The number of halogens is 1. The zero-order valence-corrected chi connectivity index (χ0v) is 10.1. The first-order valence-corrected chi connectivity index (χ1v) is 5.76. The van der Waals surface area contributed by atoms with E-state index in [-0.39, 0.29) is 5.91 Å². The van der Waals surface area contributed by atoms with Gasteiger partial charge in [0.05, 0.1) is 13.2 Å². The Labute approximate surface area is 101 Å². The highest BCUT2D eigenvalue weighted by molar-refractivity contribution is 6.17. The summed E-state index contributed by atoms with van der Waals surface area (Å²) in [5.41, 5.74) is 1.81. The van der Waals surface area contributed by atoms with Crippen molar-refractivity contribution < 1.29 is 9.53 Å². The van der Waals surface area contributed by atoms with Crippen molar-refractivity contribution >= 4 is 17.5 Å². The molecule has 0 atom stereocenters. The normalized spacial score (nSPS) is 10.1. The molecule has 0 unspecified atom stereocenters. The van der Waals surface area contributed by atoms with E-state index in [9.17, 15) is 4.79 Å². The molecule has 0 heterocycles. The minimum absolute atomic E-state index is 0.0746. The van der Waals surface area contributed by atoms with Gasteiger partial charge in [-0.2, -0.15) is 0 Å². The van der Waals surface area contributed by atoms with Gasteiger partial charge in [0.25, 0.3) is 5.91 Å². The topological polar surface area (TPSA) is 38.3 Å². The fourth-order valence-electron chi connectivity index (χ4n) is 1.20. The summed E-state index contributed by atoms with van der Waals surface area (Å²) in [5.74, 6) is 0.404. The average Bonchev–Trinajstić information content (AvgIpc) is 2.29. The standard InChI is InChI=1S/C12H16ClNO2/c1-10-2-4-11(5-3-10)12(15)14-7-9-16-8-6-13/h2-5H,6-9H2,1H3,(H,14,15). The van der Waals surface area contributed by atoms with Crippen LogP contribution in [0.15, 0.2) is 24.3 Å². The first-order valence-electron chi connectivity index (χ1n) is 5.22. The smallest absolute Gasteiger partial charge is 0.251 e. The van der Waals surface area contributed by atoms with Crippen LogP contribution >= 0.6 is 11.6 Å². The fourth-order valence-corrected chi connectivity index (χ4v) is 1.31. The van der Waals surface area contributed by atoms with E-state index in [1.165, 1.54) is 0 Å².